The van der Waals surface area contributed by atoms with Crippen molar-refractivity contribution in [2.45, 2.75) is 52.3 Å². The van der Waals surface area contributed by atoms with Crippen molar-refractivity contribution in [1.29, 1.82) is 0 Å². The summed E-state index contributed by atoms with van der Waals surface area (Å²) in [7, 11) is 1.44. The van der Waals surface area contributed by atoms with E-state index in [1.165, 1.54) is 18.4 Å². The second-order valence-corrected chi connectivity index (χ2v) is 7.61. The Labute approximate surface area is 163 Å². The molecule has 3 amide bonds. The van der Waals surface area contributed by atoms with Crippen LogP contribution in [0.2, 0.25) is 0 Å². The third kappa shape index (κ3) is 6.89. The minimum absolute atomic E-state index is 0.144. The number of nitrogens with zero attached hydrogens (tertiary/aromatic N) is 2. The molecular formula is C17H28N4O5S. The second kappa shape index (κ2) is 11.0. The average Bonchev–Trinajstić information content (AvgIpc) is 3.14. The maximum atomic E-state index is 12.9. The largest absolute Gasteiger partial charge is 0.379 e. The van der Waals surface area contributed by atoms with Gasteiger partial charge in [-0.05, 0) is 26.2 Å². The van der Waals surface area contributed by atoms with Gasteiger partial charge in [0.2, 0.25) is 12.3 Å². The Hall–Kier alpha value is -2.04. The number of rotatable bonds is 11. The molecule has 0 spiro atoms. The standard InChI is InChI=1S/C17H28N4O5S/c1-10(2)8-13(11(3)21(25)9-22)15(23)19-14(12(4)26-5)16(24)20-17-18-6-7-27-17/h6-7,9-14,25H,8H2,1-5H3,(H,19,23)(H,18,20,24)/t11-,12+,13+,14-/m0/s1. The summed E-state index contributed by atoms with van der Waals surface area (Å²) in [5.74, 6) is -1.45. The highest BCUT2D eigenvalue weighted by molar-refractivity contribution is 7.13. The van der Waals surface area contributed by atoms with E-state index in [1.54, 1.807) is 25.4 Å². The molecule has 1 rings (SSSR count). The number of hydroxylamine groups is 2. The molecule has 9 nitrogen and oxygen atoms in total. The molecule has 4 atom stereocenters. The molecule has 3 N–H and O–H groups in total. The first-order valence-electron chi connectivity index (χ1n) is 8.67. The Balaban J connectivity index is 2.96. The average molecular weight is 401 g/mol. The van der Waals surface area contributed by atoms with Gasteiger partial charge in [-0.3, -0.25) is 19.6 Å². The Kier molecular flexibility index (Phi) is 9.33. The molecular weight excluding hydrogens is 372 g/mol. The highest BCUT2D eigenvalue weighted by Gasteiger charge is 2.34. The fraction of sp³-hybridized carbons (Fsp3) is 0.647. The Bertz CT molecular complexity index is 610. The molecule has 0 saturated carbocycles. The maximum absolute atomic E-state index is 12.9. The van der Waals surface area contributed by atoms with E-state index in [0.29, 0.717) is 16.6 Å². The van der Waals surface area contributed by atoms with Crippen molar-refractivity contribution in [3.05, 3.63) is 11.6 Å². The zero-order valence-electron chi connectivity index (χ0n) is 16.2. The number of nitrogens with one attached hydrogen (secondary N) is 2. The zero-order valence-corrected chi connectivity index (χ0v) is 17.0. The van der Waals surface area contributed by atoms with Crippen molar-refractivity contribution in [2.24, 2.45) is 11.8 Å². The van der Waals surface area contributed by atoms with Crippen LogP contribution in [0.1, 0.15) is 34.1 Å². The van der Waals surface area contributed by atoms with Gasteiger partial charge in [-0.1, -0.05) is 13.8 Å². The number of ether oxygens (including phenoxy) is 1. The number of aromatic nitrogens is 1. The predicted molar refractivity (Wildman–Crippen MR) is 101 cm³/mol. The minimum Gasteiger partial charge on any atom is -0.379 e. The highest BCUT2D eigenvalue weighted by atomic mass is 32.1. The monoisotopic (exact) mass is 400 g/mol. The topological polar surface area (TPSA) is 121 Å². The smallest absolute Gasteiger partial charge is 0.251 e. The molecule has 0 aliphatic heterocycles. The van der Waals surface area contributed by atoms with Crippen molar-refractivity contribution in [2.75, 3.05) is 12.4 Å². The van der Waals surface area contributed by atoms with Crippen molar-refractivity contribution in [3.8, 4) is 0 Å². The Morgan fingerprint density at radius 2 is 2.00 bits per heavy atom. The minimum atomic E-state index is -0.961. The van der Waals surface area contributed by atoms with Crippen LogP contribution < -0.4 is 10.6 Å². The van der Waals surface area contributed by atoms with E-state index in [4.69, 9.17) is 4.74 Å². The SMILES string of the molecule is CO[C@H](C)[C@H](NC(=O)[C@H](CC(C)C)[C@H](C)N(O)C=O)C(=O)Nc1nccs1. The van der Waals surface area contributed by atoms with Gasteiger partial charge in [-0.2, -0.15) is 0 Å². The van der Waals surface area contributed by atoms with E-state index in [0.717, 1.165) is 0 Å². The fourth-order valence-corrected chi connectivity index (χ4v) is 3.10. The zero-order chi connectivity index (χ0) is 20.6. The van der Waals surface area contributed by atoms with Crippen LogP contribution in [-0.4, -0.2) is 58.8 Å². The fourth-order valence-electron chi connectivity index (χ4n) is 2.57. The molecule has 0 aliphatic carbocycles. The maximum Gasteiger partial charge on any atom is 0.251 e. The number of carbonyl (C=O) groups excluding carboxylic acids is 3. The van der Waals surface area contributed by atoms with Crippen LogP contribution in [0.5, 0.6) is 0 Å². The molecule has 0 aromatic carbocycles. The van der Waals surface area contributed by atoms with Crippen LogP contribution in [0.25, 0.3) is 0 Å². The number of methoxy groups -OCH3 is 1. The highest BCUT2D eigenvalue weighted by Crippen LogP contribution is 2.20. The van der Waals surface area contributed by atoms with Gasteiger partial charge in [0.15, 0.2) is 5.13 Å². The van der Waals surface area contributed by atoms with Gasteiger partial charge < -0.3 is 15.4 Å². The molecule has 1 aromatic rings. The normalized spacial score (nSPS) is 15.5. The van der Waals surface area contributed by atoms with Gasteiger partial charge in [-0.25, -0.2) is 10.0 Å². The van der Waals surface area contributed by atoms with Gasteiger partial charge in [0.05, 0.1) is 18.1 Å². The summed E-state index contributed by atoms with van der Waals surface area (Å²) in [4.78, 5) is 40.3. The van der Waals surface area contributed by atoms with Gasteiger partial charge in [0, 0.05) is 18.7 Å². The summed E-state index contributed by atoms with van der Waals surface area (Å²) in [5, 5.41) is 17.6. The van der Waals surface area contributed by atoms with E-state index in [9.17, 15) is 19.6 Å². The van der Waals surface area contributed by atoms with Crippen LogP contribution in [-0.2, 0) is 19.1 Å². The van der Waals surface area contributed by atoms with Gasteiger partial charge in [0.1, 0.15) is 6.04 Å². The molecule has 0 saturated heterocycles. The number of hydrogen-bond donors (Lipinski definition) is 3. The lowest BCUT2D eigenvalue weighted by atomic mass is 9.89. The summed E-state index contributed by atoms with van der Waals surface area (Å²) >= 11 is 1.26. The van der Waals surface area contributed by atoms with E-state index < -0.39 is 35.9 Å². The number of anilines is 1. The van der Waals surface area contributed by atoms with Crippen molar-refractivity contribution >= 4 is 34.7 Å². The molecule has 1 aromatic heterocycles. The summed E-state index contributed by atoms with van der Waals surface area (Å²) < 4.78 is 5.23. The molecule has 152 valence electrons. The van der Waals surface area contributed by atoms with Crippen molar-refractivity contribution in [3.63, 3.8) is 0 Å². The predicted octanol–water partition coefficient (Wildman–Crippen LogP) is 1.50. The molecule has 0 bridgehead atoms. The van der Waals surface area contributed by atoms with Crippen molar-refractivity contribution in [1.82, 2.24) is 15.4 Å². The van der Waals surface area contributed by atoms with E-state index in [2.05, 4.69) is 15.6 Å². The summed E-state index contributed by atoms with van der Waals surface area (Å²) in [5.41, 5.74) is 0. The Morgan fingerprint density at radius 1 is 1.33 bits per heavy atom. The summed E-state index contributed by atoms with van der Waals surface area (Å²) in [6, 6.07) is -1.71. The second-order valence-electron chi connectivity index (χ2n) is 6.72. The molecule has 0 fully saturated rings. The van der Waals surface area contributed by atoms with Gasteiger partial charge in [-0.15, -0.1) is 11.3 Å². The van der Waals surface area contributed by atoms with Crippen molar-refractivity contribution < 1.29 is 24.3 Å². The molecule has 0 unspecified atom stereocenters. The molecule has 10 heteroatoms. The number of amides is 3. The number of hydrogen-bond acceptors (Lipinski definition) is 7. The van der Waals surface area contributed by atoms with Crippen LogP contribution in [0.4, 0.5) is 5.13 Å². The van der Waals surface area contributed by atoms with Gasteiger partial charge >= 0.3 is 0 Å². The van der Waals surface area contributed by atoms with Gasteiger partial charge in [0.25, 0.3) is 5.91 Å². The van der Waals surface area contributed by atoms with E-state index >= 15 is 0 Å². The molecule has 0 radical (unpaired) electrons. The molecule has 27 heavy (non-hydrogen) atoms. The third-order valence-electron chi connectivity index (χ3n) is 4.25. The van der Waals surface area contributed by atoms with Crippen LogP contribution in [0.15, 0.2) is 11.6 Å². The van der Waals surface area contributed by atoms with Crippen LogP contribution in [0.3, 0.4) is 0 Å². The van der Waals surface area contributed by atoms with Crippen LogP contribution in [0, 0.1) is 11.8 Å². The lowest BCUT2D eigenvalue weighted by Crippen LogP contribution is -2.54. The van der Waals surface area contributed by atoms with Crippen LogP contribution >= 0.6 is 11.3 Å². The molecule has 1 heterocycles. The first kappa shape index (κ1) is 23.0. The quantitative estimate of drug-likeness (QED) is 0.294. The summed E-state index contributed by atoms with van der Waals surface area (Å²) in [6.07, 6.45) is 1.65. The van der Waals surface area contributed by atoms with E-state index in [-0.39, 0.29) is 12.3 Å². The van der Waals surface area contributed by atoms with E-state index in [1.807, 2.05) is 13.8 Å². The number of thiazole rings is 1. The first-order valence-corrected chi connectivity index (χ1v) is 9.55. The first-order chi connectivity index (χ1) is 12.7. The Morgan fingerprint density at radius 3 is 2.48 bits per heavy atom. The summed E-state index contributed by atoms with van der Waals surface area (Å²) in [6.45, 7) is 7.10. The lowest BCUT2D eigenvalue weighted by Gasteiger charge is -2.30. The number of carbonyl (C=O) groups is 3. The third-order valence-corrected chi connectivity index (χ3v) is 4.94. The lowest BCUT2D eigenvalue weighted by molar-refractivity contribution is -0.166. The molecule has 0 aliphatic rings.